The molecule has 1 aliphatic heterocycles. The second-order valence-corrected chi connectivity index (χ2v) is 6.77. The van der Waals surface area contributed by atoms with Crippen LogP contribution in [0.2, 0.25) is 0 Å². The van der Waals surface area contributed by atoms with E-state index >= 15 is 0 Å². The van der Waals surface area contributed by atoms with Crippen LogP contribution in [0.1, 0.15) is 24.0 Å². The van der Waals surface area contributed by atoms with Gasteiger partial charge in [0.05, 0.1) is 6.61 Å². The van der Waals surface area contributed by atoms with Crippen molar-refractivity contribution in [2.24, 2.45) is 5.92 Å². The van der Waals surface area contributed by atoms with Crippen molar-refractivity contribution in [2.45, 2.75) is 33.2 Å². The molecule has 118 valence electrons. The first kappa shape index (κ1) is 15.5. The lowest BCUT2D eigenvalue weighted by Gasteiger charge is -2.23. The van der Waals surface area contributed by atoms with E-state index in [4.69, 9.17) is 4.74 Å². The Hall–Kier alpha value is -1.40. The minimum Gasteiger partial charge on any atom is -0.381 e. The Labute approximate surface area is 138 Å². The zero-order chi connectivity index (χ0) is 15.7. The van der Waals surface area contributed by atoms with Crippen LogP contribution in [-0.4, -0.2) is 27.3 Å². The van der Waals surface area contributed by atoms with Crippen molar-refractivity contribution in [3.8, 4) is 5.95 Å². The zero-order valence-corrected chi connectivity index (χ0v) is 14.5. The molecule has 2 aromatic rings. The second-order valence-electron chi connectivity index (χ2n) is 5.96. The number of ether oxygens (including phenoxy) is 1. The van der Waals surface area contributed by atoms with Gasteiger partial charge in [0.2, 0.25) is 5.95 Å². The van der Waals surface area contributed by atoms with Gasteiger partial charge in [-0.3, -0.25) is 9.36 Å². The fourth-order valence-corrected chi connectivity index (χ4v) is 3.35. The first-order valence-corrected chi connectivity index (χ1v) is 8.34. The van der Waals surface area contributed by atoms with Crippen LogP contribution < -0.4 is 5.43 Å². The van der Waals surface area contributed by atoms with Crippen LogP contribution in [0.25, 0.3) is 5.95 Å². The van der Waals surface area contributed by atoms with Gasteiger partial charge in [-0.25, -0.2) is 4.98 Å². The molecule has 0 N–H and O–H groups in total. The Bertz CT molecular complexity index is 703. The van der Waals surface area contributed by atoms with Crippen molar-refractivity contribution in [1.29, 1.82) is 0 Å². The van der Waals surface area contributed by atoms with Gasteiger partial charge in [-0.15, -0.1) is 0 Å². The Morgan fingerprint density at radius 3 is 2.68 bits per heavy atom. The molecular formula is C16H20BrN3O2. The van der Waals surface area contributed by atoms with E-state index in [-0.39, 0.29) is 5.43 Å². The third-order valence-corrected chi connectivity index (χ3v) is 4.43. The standard InChI is InChI=1S/C16H20BrN3O2/c1-11-6-19(7-12(2)15(11)21)16-18-14(17)9-20(16)8-13-4-3-5-22-10-13/h6-7,9,13H,3-5,8,10H2,1-2H3. The van der Waals surface area contributed by atoms with E-state index in [2.05, 4.69) is 25.5 Å². The summed E-state index contributed by atoms with van der Waals surface area (Å²) in [5.74, 6) is 1.33. The van der Waals surface area contributed by atoms with Crippen LogP contribution in [0, 0.1) is 19.8 Å². The van der Waals surface area contributed by atoms with E-state index in [1.807, 2.05) is 37.0 Å². The highest BCUT2D eigenvalue weighted by molar-refractivity contribution is 9.10. The molecule has 1 fully saturated rings. The number of aryl methyl sites for hydroxylation is 2. The highest BCUT2D eigenvalue weighted by atomic mass is 79.9. The van der Waals surface area contributed by atoms with Crippen LogP contribution >= 0.6 is 15.9 Å². The summed E-state index contributed by atoms with van der Waals surface area (Å²) in [6, 6.07) is 0. The fourth-order valence-electron chi connectivity index (χ4n) is 2.94. The van der Waals surface area contributed by atoms with E-state index in [9.17, 15) is 4.79 Å². The minimum absolute atomic E-state index is 0.0918. The maximum absolute atomic E-state index is 11.9. The molecule has 3 rings (SSSR count). The van der Waals surface area contributed by atoms with Crippen molar-refractivity contribution >= 4 is 15.9 Å². The molecule has 0 spiro atoms. The number of aromatic nitrogens is 3. The van der Waals surface area contributed by atoms with Gasteiger partial charge >= 0.3 is 0 Å². The van der Waals surface area contributed by atoms with Gasteiger partial charge in [0, 0.05) is 48.8 Å². The molecule has 0 aliphatic carbocycles. The van der Waals surface area contributed by atoms with Gasteiger partial charge in [-0.1, -0.05) is 0 Å². The summed E-state index contributed by atoms with van der Waals surface area (Å²) in [7, 11) is 0. The Morgan fingerprint density at radius 1 is 1.32 bits per heavy atom. The number of imidazole rings is 1. The summed E-state index contributed by atoms with van der Waals surface area (Å²) in [5, 5.41) is 0. The average molecular weight is 366 g/mol. The predicted molar refractivity (Wildman–Crippen MR) is 88.5 cm³/mol. The van der Waals surface area contributed by atoms with Crippen LogP contribution in [0.5, 0.6) is 0 Å². The van der Waals surface area contributed by atoms with Crippen LogP contribution in [-0.2, 0) is 11.3 Å². The third kappa shape index (κ3) is 3.17. The normalized spacial score (nSPS) is 18.6. The van der Waals surface area contributed by atoms with Gasteiger partial charge in [0.1, 0.15) is 4.60 Å². The van der Waals surface area contributed by atoms with E-state index in [1.165, 1.54) is 6.42 Å². The molecule has 0 saturated carbocycles. The number of rotatable bonds is 3. The van der Waals surface area contributed by atoms with Crippen molar-refractivity contribution in [2.75, 3.05) is 13.2 Å². The molecule has 6 heteroatoms. The summed E-state index contributed by atoms with van der Waals surface area (Å²) in [6.07, 6.45) is 7.98. The van der Waals surface area contributed by atoms with Gasteiger partial charge in [0.25, 0.3) is 0 Å². The van der Waals surface area contributed by atoms with Gasteiger partial charge in [-0.05, 0) is 42.6 Å². The molecule has 2 aromatic heterocycles. The number of hydrogen-bond donors (Lipinski definition) is 0. The Balaban J connectivity index is 1.95. The van der Waals surface area contributed by atoms with E-state index in [1.54, 1.807) is 0 Å². The minimum atomic E-state index is 0.0918. The molecule has 0 amide bonds. The zero-order valence-electron chi connectivity index (χ0n) is 12.9. The van der Waals surface area contributed by atoms with E-state index in [0.29, 0.717) is 5.92 Å². The molecular weight excluding hydrogens is 346 g/mol. The topological polar surface area (TPSA) is 49.0 Å². The number of hydrogen-bond acceptors (Lipinski definition) is 3. The molecule has 0 bridgehead atoms. The van der Waals surface area contributed by atoms with E-state index in [0.717, 1.165) is 47.9 Å². The summed E-state index contributed by atoms with van der Waals surface area (Å²) in [4.78, 5) is 16.5. The van der Waals surface area contributed by atoms with Crippen molar-refractivity contribution < 1.29 is 4.74 Å². The molecule has 5 nitrogen and oxygen atoms in total. The first-order valence-electron chi connectivity index (χ1n) is 7.55. The van der Waals surface area contributed by atoms with Crippen LogP contribution in [0.15, 0.2) is 28.0 Å². The lowest BCUT2D eigenvalue weighted by atomic mass is 10.0. The van der Waals surface area contributed by atoms with Crippen molar-refractivity contribution in [1.82, 2.24) is 14.1 Å². The molecule has 1 unspecified atom stereocenters. The van der Waals surface area contributed by atoms with Gasteiger partial charge < -0.3 is 9.30 Å². The lowest BCUT2D eigenvalue weighted by Crippen LogP contribution is -2.23. The highest BCUT2D eigenvalue weighted by Crippen LogP contribution is 2.20. The quantitative estimate of drug-likeness (QED) is 0.840. The third-order valence-electron chi connectivity index (χ3n) is 4.05. The monoisotopic (exact) mass is 365 g/mol. The summed E-state index contributed by atoms with van der Waals surface area (Å²) in [5.41, 5.74) is 1.55. The van der Waals surface area contributed by atoms with Crippen LogP contribution in [0.4, 0.5) is 0 Å². The summed E-state index contributed by atoms with van der Waals surface area (Å²) in [6.45, 7) is 6.22. The number of nitrogens with zero attached hydrogens (tertiary/aromatic N) is 3. The van der Waals surface area contributed by atoms with Gasteiger partial charge in [0.15, 0.2) is 5.43 Å². The molecule has 0 aromatic carbocycles. The van der Waals surface area contributed by atoms with Gasteiger partial charge in [-0.2, -0.15) is 0 Å². The Morgan fingerprint density at radius 2 is 2.05 bits per heavy atom. The predicted octanol–water partition coefficient (Wildman–Crippen LogP) is 2.84. The average Bonchev–Trinajstić information content (AvgIpc) is 2.86. The van der Waals surface area contributed by atoms with Crippen molar-refractivity contribution in [3.05, 3.63) is 44.5 Å². The SMILES string of the molecule is Cc1cn(-c2nc(Br)cn2CC2CCCOC2)cc(C)c1=O. The maximum Gasteiger partial charge on any atom is 0.214 e. The number of halogens is 1. The highest BCUT2D eigenvalue weighted by Gasteiger charge is 2.17. The fraction of sp³-hybridized carbons (Fsp3) is 0.500. The smallest absolute Gasteiger partial charge is 0.214 e. The summed E-state index contributed by atoms with van der Waals surface area (Å²) < 4.78 is 10.4. The van der Waals surface area contributed by atoms with Crippen molar-refractivity contribution in [3.63, 3.8) is 0 Å². The molecule has 0 radical (unpaired) electrons. The maximum atomic E-state index is 11.9. The van der Waals surface area contributed by atoms with E-state index < -0.39 is 0 Å². The molecule has 1 aliphatic rings. The van der Waals surface area contributed by atoms with Crippen LogP contribution in [0.3, 0.4) is 0 Å². The first-order chi connectivity index (χ1) is 10.5. The molecule has 22 heavy (non-hydrogen) atoms. The molecule has 1 saturated heterocycles. The molecule has 3 heterocycles. The molecule has 1 atom stereocenters. The summed E-state index contributed by atoms with van der Waals surface area (Å²) >= 11 is 3.46. The second kappa shape index (κ2) is 6.38. The number of pyridine rings is 1. The lowest BCUT2D eigenvalue weighted by molar-refractivity contribution is 0.0483. The largest absolute Gasteiger partial charge is 0.381 e. The Kier molecular flexibility index (Phi) is 4.49.